The number of carbonyl (C=O) groups excluding carboxylic acids is 1. The van der Waals surface area contributed by atoms with E-state index in [0.29, 0.717) is 23.0 Å². The number of aliphatic carboxylic acids is 1. The van der Waals surface area contributed by atoms with Crippen LogP contribution in [0.5, 0.6) is 0 Å². The molecule has 1 aromatic carbocycles. The van der Waals surface area contributed by atoms with Gasteiger partial charge >= 0.3 is 5.97 Å². The molecule has 0 fully saturated rings. The lowest BCUT2D eigenvalue weighted by Crippen LogP contribution is -2.43. The van der Waals surface area contributed by atoms with E-state index in [4.69, 9.17) is 28.3 Å². The molecular formula is C15H20Cl2N2O3. The van der Waals surface area contributed by atoms with Crippen LogP contribution in [0.15, 0.2) is 18.2 Å². The highest BCUT2D eigenvalue weighted by molar-refractivity contribution is 6.42. The molecule has 122 valence electrons. The summed E-state index contributed by atoms with van der Waals surface area (Å²) in [6, 6.07) is 4.48. The van der Waals surface area contributed by atoms with Gasteiger partial charge in [0.05, 0.1) is 16.6 Å². The monoisotopic (exact) mass is 346 g/mol. The molecule has 0 aliphatic heterocycles. The highest BCUT2D eigenvalue weighted by atomic mass is 35.5. The topological polar surface area (TPSA) is 69.6 Å². The van der Waals surface area contributed by atoms with E-state index in [1.807, 2.05) is 6.92 Å². The summed E-state index contributed by atoms with van der Waals surface area (Å²) in [7, 11) is 1.65. The Balaban J connectivity index is 2.54. The molecule has 0 aliphatic carbocycles. The van der Waals surface area contributed by atoms with Crippen LogP contribution in [0.3, 0.4) is 0 Å². The Labute approximate surface area is 140 Å². The van der Waals surface area contributed by atoms with Gasteiger partial charge in [-0.1, -0.05) is 42.6 Å². The third kappa shape index (κ3) is 5.83. The Hall–Kier alpha value is -1.30. The van der Waals surface area contributed by atoms with Gasteiger partial charge in [0.15, 0.2) is 0 Å². The molecule has 0 saturated heterocycles. The minimum absolute atomic E-state index is 0.0191. The van der Waals surface area contributed by atoms with Gasteiger partial charge in [0.2, 0.25) is 5.91 Å². The Morgan fingerprint density at radius 1 is 1.32 bits per heavy atom. The van der Waals surface area contributed by atoms with Crippen molar-refractivity contribution in [1.82, 2.24) is 10.2 Å². The van der Waals surface area contributed by atoms with Gasteiger partial charge in [-0.05, 0) is 24.1 Å². The fourth-order valence-corrected chi connectivity index (χ4v) is 2.27. The van der Waals surface area contributed by atoms with E-state index in [0.717, 1.165) is 12.0 Å². The molecule has 0 spiro atoms. The van der Waals surface area contributed by atoms with Gasteiger partial charge in [-0.2, -0.15) is 0 Å². The molecule has 0 heterocycles. The fourth-order valence-electron chi connectivity index (χ4n) is 1.95. The summed E-state index contributed by atoms with van der Waals surface area (Å²) in [5, 5.41) is 12.7. The molecule has 1 rings (SSSR count). The number of halogens is 2. The average Bonchev–Trinajstić information content (AvgIpc) is 2.46. The van der Waals surface area contributed by atoms with Crippen molar-refractivity contribution in [3.63, 3.8) is 0 Å². The highest BCUT2D eigenvalue weighted by Gasteiger charge is 2.18. The van der Waals surface area contributed by atoms with Crippen molar-refractivity contribution in [3.8, 4) is 0 Å². The normalized spacial score (nSPS) is 12.0. The second-order valence-electron chi connectivity index (χ2n) is 5.06. The van der Waals surface area contributed by atoms with Crippen LogP contribution in [0.25, 0.3) is 0 Å². The van der Waals surface area contributed by atoms with Crippen LogP contribution >= 0.6 is 23.2 Å². The Morgan fingerprint density at radius 3 is 2.55 bits per heavy atom. The number of rotatable bonds is 8. The molecular weight excluding hydrogens is 327 g/mol. The Bertz CT molecular complexity index is 538. The number of hydrogen-bond donors (Lipinski definition) is 2. The second kappa shape index (κ2) is 8.98. The maximum absolute atomic E-state index is 12.0. The average molecular weight is 347 g/mol. The number of carbonyl (C=O) groups is 2. The predicted octanol–water partition coefficient (Wildman–Crippen LogP) is 2.79. The van der Waals surface area contributed by atoms with Crippen LogP contribution in [0.4, 0.5) is 0 Å². The summed E-state index contributed by atoms with van der Waals surface area (Å²) in [6.45, 7) is 2.26. The van der Waals surface area contributed by atoms with E-state index in [1.54, 1.807) is 25.2 Å². The molecule has 1 amide bonds. The first-order valence-corrected chi connectivity index (χ1v) is 7.74. The molecule has 5 nitrogen and oxygen atoms in total. The molecule has 7 heteroatoms. The van der Waals surface area contributed by atoms with Crippen LogP contribution < -0.4 is 5.32 Å². The minimum atomic E-state index is -0.943. The maximum Gasteiger partial charge on any atom is 0.320 e. The van der Waals surface area contributed by atoms with Gasteiger partial charge in [-0.3, -0.25) is 14.9 Å². The van der Waals surface area contributed by atoms with Gasteiger partial charge in [0, 0.05) is 13.6 Å². The third-order valence-electron chi connectivity index (χ3n) is 3.20. The predicted molar refractivity (Wildman–Crippen MR) is 87.3 cm³/mol. The largest absolute Gasteiger partial charge is 0.480 e. The van der Waals surface area contributed by atoms with Crippen molar-refractivity contribution in [2.75, 3.05) is 13.6 Å². The van der Waals surface area contributed by atoms with E-state index >= 15 is 0 Å². The number of nitrogens with one attached hydrogen (secondary N) is 1. The van der Waals surface area contributed by atoms with Crippen LogP contribution in [-0.2, 0) is 16.1 Å². The van der Waals surface area contributed by atoms with Crippen LogP contribution in [0, 0.1) is 0 Å². The van der Waals surface area contributed by atoms with Gasteiger partial charge in [-0.15, -0.1) is 0 Å². The SMILES string of the molecule is CCCC(NCC(=O)N(C)Cc1ccc(Cl)c(Cl)c1)C(=O)O. The summed E-state index contributed by atoms with van der Waals surface area (Å²) in [6.07, 6.45) is 1.22. The van der Waals surface area contributed by atoms with Gasteiger partial charge in [0.25, 0.3) is 0 Å². The van der Waals surface area contributed by atoms with E-state index < -0.39 is 12.0 Å². The van der Waals surface area contributed by atoms with E-state index in [1.165, 1.54) is 4.90 Å². The fraction of sp³-hybridized carbons (Fsp3) is 0.467. The van der Waals surface area contributed by atoms with Crippen molar-refractivity contribution < 1.29 is 14.7 Å². The lowest BCUT2D eigenvalue weighted by molar-refractivity contribution is -0.140. The zero-order chi connectivity index (χ0) is 16.7. The lowest BCUT2D eigenvalue weighted by Gasteiger charge is -2.20. The molecule has 0 aromatic heterocycles. The number of carboxylic acids is 1. The molecule has 0 saturated carbocycles. The summed E-state index contributed by atoms with van der Waals surface area (Å²) in [4.78, 5) is 24.6. The zero-order valence-electron chi connectivity index (χ0n) is 12.6. The number of benzene rings is 1. The number of nitrogens with zero attached hydrogens (tertiary/aromatic N) is 1. The van der Waals surface area contributed by atoms with Crippen molar-refractivity contribution in [3.05, 3.63) is 33.8 Å². The number of carboxylic acid groups (broad SMARTS) is 1. The maximum atomic E-state index is 12.0. The first-order valence-electron chi connectivity index (χ1n) is 6.99. The molecule has 22 heavy (non-hydrogen) atoms. The number of hydrogen-bond acceptors (Lipinski definition) is 3. The molecule has 0 bridgehead atoms. The van der Waals surface area contributed by atoms with Crippen molar-refractivity contribution in [2.24, 2.45) is 0 Å². The molecule has 1 atom stereocenters. The minimum Gasteiger partial charge on any atom is -0.480 e. The number of likely N-dealkylation sites (N-methyl/N-ethyl adjacent to an activating group) is 1. The van der Waals surface area contributed by atoms with Crippen molar-refractivity contribution in [1.29, 1.82) is 0 Å². The van der Waals surface area contributed by atoms with Gasteiger partial charge < -0.3 is 10.0 Å². The van der Waals surface area contributed by atoms with Crippen LogP contribution in [0.2, 0.25) is 10.0 Å². The van der Waals surface area contributed by atoms with E-state index in [2.05, 4.69) is 5.32 Å². The lowest BCUT2D eigenvalue weighted by atomic mass is 10.1. The van der Waals surface area contributed by atoms with Crippen LogP contribution in [0.1, 0.15) is 25.3 Å². The zero-order valence-corrected chi connectivity index (χ0v) is 14.1. The number of amides is 1. The summed E-state index contributed by atoms with van der Waals surface area (Å²) in [5.74, 6) is -1.13. The van der Waals surface area contributed by atoms with E-state index in [9.17, 15) is 9.59 Å². The summed E-state index contributed by atoms with van der Waals surface area (Å²) >= 11 is 11.8. The van der Waals surface area contributed by atoms with Gasteiger partial charge in [-0.25, -0.2) is 0 Å². The molecule has 0 aliphatic rings. The third-order valence-corrected chi connectivity index (χ3v) is 3.94. The first kappa shape index (κ1) is 18.7. The summed E-state index contributed by atoms with van der Waals surface area (Å²) < 4.78 is 0. The van der Waals surface area contributed by atoms with Gasteiger partial charge in [0.1, 0.15) is 6.04 Å². The van der Waals surface area contributed by atoms with E-state index in [-0.39, 0.29) is 12.5 Å². The quantitative estimate of drug-likeness (QED) is 0.759. The van der Waals surface area contributed by atoms with Crippen LogP contribution in [-0.4, -0.2) is 41.5 Å². The summed E-state index contributed by atoms with van der Waals surface area (Å²) in [5.41, 5.74) is 0.855. The Kier molecular flexibility index (Phi) is 7.65. The smallest absolute Gasteiger partial charge is 0.320 e. The highest BCUT2D eigenvalue weighted by Crippen LogP contribution is 2.23. The standard InChI is InChI=1S/C15H20Cl2N2O3/c1-3-4-13(15(21)22)18-8-14(20)19(2)9-10-5-6-11(16)12(17)7-10/h5-7,13,18H,3-4,8-9H2,1-2H3,(H,21,22). The molecule has 0 radical (unpaired) electrons. The van der Waals surface area contributed by atoms with Crippen molar-refractivity contribution in [2.45, 2.75) is 32.4 Å². The Morgan fingerprint density at radius 2 is 2.00 bits per heavy atom. The second-order valence-corrected chi connectivity index (χ2v) is 5.87. The molecule has 1 unspecified atom stereocenters. The molecule has 2 N–H and O–H groups in total. The van der Waals surface area contributed by atoms with Crippen molar-refractivity contribution >= 4 is 35.1 Å². The molecule has 1 aromatic rings. The first-order chi connectivity index (χ1) is 10.3.